The first kappa shape index (κ1) is 23.2. The standard InChI is InChI=1S/C19H29F3N4O3/c1-3-25(4-2)15(16-8-6-10-29-16)11-23-17(27)12-26-9-5-7-14(26)18(28)24-13-19(20,21)22/h6,8,10,14-15H,3-5,7,9,11-13H2,1-2H3,(H,23,27)(H,24,28). The lowest BCUT2D eigenvalue weighted by Gasteiger charge is -2.29. The molecule has 2 unspecified atom stereocenters. The topological polar surface area (TPSA) is 77.8 Å². The Morgan fingerprint density at radius 1 is 1.31 bits per heavy atom. The Hall–Kier alpha value is -2.07. The molecular weight excluding hydrogens is 389 g/mol. The van der Waals surface area contributed by atoms with Gasteiger partial charge in [0.25, 0.3) is 0 Å². The third-order valence-electron chi connectivity index (χ3n) is 5.09. The quantitative estimate of drug-likeness (QED) is 0.607. The zero-order valence-corrected chi connectivity index (χ0v) is 16.8. The summed E-state index contributed by atoms with van der Waals surface area (Å²) in [5.74, 6) is -0.215. The zero-order chi connectivity index (χ0) is 21.4. The van der Waals surface area contributed by atoms with Gasteiger partial charge in [-0.25, -0.2) is 0 Å². The van der Waals surface area contributed by atoms with Crippen molar-refractivity contribution in [2.75, 3.05) is 39.3 Å². The number of hydrogen-bond acceptors (Lipinski definition) is 5. The highest BCUT2D eigenvalue weighted by atomic mass is 19.4. The minimum atomic E-state index is -4.46. The molecule has 1 aliphatic heterocycles. The Kier molecular flexibility index (Phi) is 8.51. The summed E-state index contributed by atoms with van der Waals surface area (Å²) in [6.07, 6.45) is -1.78. The molecular formula is C19H29F3N4O3. The second-order valence-electron chi connectivity index (χ2n) is 7.02. The van der Waals surface area contributed by atoms with Gasteiger partial charge < -0.3 is 15.1 Å². The maximum atomic E-state index is 12.4. The van der Waals surface area contributed by atoms with Gasteiger partial charge in [0.05, 0.1) is 24.9 Å². The maximum absolute atomic E-state index is 12.4. The molecule has 0 aromatic carbocycles. The van der Waals surface area contributed by atoms with Crippen molar-refractivity contribution in [1.29, 1.82) is 0 Å². The van der Waals surface area contributed by atoms with Crippen LogP contribution in [0.25, 0.3) is 0 Å². The number of nitrogens with zero attached hydrogens (tertiary/aromatic N) is 2. The van der Waals surface area contributed by atoms with E-state index < -0.39 is 24.7 Å². The second-order valence-corrected chi connectivity index (χ2v) is 7.02. The van der Waals surface area contributed by atoms with Crippen molar-refractivity contribution in [3.63, 3.8) is 0 Å². The van der Waals surface area contributed by atoms with Crippen molar-refractivity contribution in [1.82, 2.24) is 20.4 Å². The van der Waals surface area contributed by atoms with Crippen LogP contribution in [-0.2, 0) is 9.59 Å². The molecule has 2 rings (SSSR count). The summed E-state index contributed by atoms with van der Waals surface area (Å²) in [4.78, 5) is 28.3. The predicted octanol–water partition coefficient (Wildman–Crippen LogP) is 1.92. The van der Waals surface area contributed by atoms with Crippen molar-refractivity contribution < 1.29 is 27.2 Å². The summed E-state index contributed by atoms with van der Waals surface area (Å²) >= 11 is 0. The van der Waals surface area contributed by atoms with Crippen LogP contribution in [0.15, 0.2) is 22.8 Å². The van der Waals surface area contributed by atoms with Gasteiger partial charge in [0, 0.05) is 6.54 Å². The number of alkyl halides is 3. The Morgan fingerprint density at radius 3 is 2.62 bits per heavy atom. The highest BCUT2D eigenvalue weighted by Gasteiger charge is 2.35. The molecule has 164 valence electrons. The lowest BCUT2D eigenvalue weighted by Crippen LogP contribution is -2.49. The van der Waals surface area contributed by atoms with E-state index in [0.29, 0.717) is 25.9 Å². The van der Waals surface area contributed by atoms with Crippen LogP contribution in [0, 0.1) is 0 Å². The average molecular weight is 418 g/mol. The molecule has 2 heterocycles. The molecule has 10 heteroatoms. The molecule has 1 aliphatic rings. The number of hydrogen-bond donors (Lipinski definition) is 2. The lowest BCUT2D eigenvalue weighted by molar-refractivity contribution is -0.141. The van der Waals surface area contributed by atoms with Crippen LogP contribution >= 0.6 is 0 Å². The van der Waals surface area contributed by atoms with E-state index in [0.717, 1.165) is 18.8 Å². The maximum Gasteiger partial charge on any atom is 0.405 e. The van der Waals surface area contributed by atoms with E-state index in [1.165, 1.54) is 0 Å². The zero-order valence-electron chi connectivity index (χ0n) is 16.8. The summed E-state index contributed by atoms with van der Waals surface area (Å²) in [5.41, 5.74) is 0. The number of carbonyl (C=O) groups excluding carboxylic acids is 2. The smallest absolute Gasteiger partial charge is 0.405 e. The van der Waals surface area contributed by atoms with Crippen molar-refractivity contribution >= 4 is 11.8 Å². The molecule has 0 aliphatic carbocycles. The number of rotatable bonds is 10. The molecule has 7 nitrogen and oxygen atoms in total. The fraction of sp³-hybridized carbons (Fsp3) is 0.684. The highest BCUT2D eigenvalue weighted by molar-refractivity contribution is 5.84. The van der Waals surface area contributed by atoms with Crippen LogP contribution in [-0.4, -0.2) is 73.1 Å². The molecule has 0 radical (unpaired) electrons. The van der Waals surface area contributed by atoms with Crippen LogP contribution < -0.4 is 10.6 Å². The van der Waals surface area contributed by atoms with Gasteiger partial charge in [0.1, 0.15) is 12.3 Å². The molecule has 2 amide bonds. The van der Waals surface area contributed by atoms with E-state index in [2.05, 4.69) is 10.2 Å². The van der Waals surface area contributed by atoms with E-state index in [4.69, 9.17) is 4.42 Å². The highest BCUT2D eigenvalue weighted by Crippen LogP contribution is 2.21. The van der Waals surface area contributed by atoms with E-state index in [-0.39, 0.29) is 18.5 Å². The lowest BCUT2D eigenvalue weighted by atomic mass is 10.2. The molecule has 0 saturated carbocycles. The van der Waals surface area contributed by atoms with Gasteiger partial charge in [-0.15, -0.1) is 0 Å². The van der Waals surface area contributed by atoms with E-state index in [1.54, 1.807) is 17.2 Å². The fourth-order valence-corrected chi connectivity index (χ4v) is 3.62. The number of furan rings is 1. The van der Waals surface area contributed by atoms with Gasteiger partial charge in [-0.2, -0.15) is 13.2 Å². The Bertz CT molecular complexity index is 648. The second kappa shape index (κ2) is 10.6. The third kappa shape index (κ3) is 7.04. The van der Waals surface area contributed by atoms with Crippen molar-refractivity contribution in [3.05, 3.63) is 24.2 Å². The molecule has 1 aromatic rings. The first-order chi connectivity index (χ1) is 13.7. The number of likely N-dealkylation sites (N-methyl/N-ethyl adjacent to an activating group) is 1. The summed E-state index contributed by atoms with van der Waals surface area (Å²) < 4.78 is 42.5. The summed E-state index contributed by atoms with van der Waals surface area (Å²) in [7, 11) is 0. The van der Waals surface area contributed by atoms with Crippen LogP contribution in [0.5, 0.6) is 0 Å². The number of nitrogens with one attached hydrogen (secondary N) is 2. The van der Waals surface area contributed by atoms with E-state index in [1.807, 2.05) is 25.2 Å². The molecule has 29 heavy (non-hydrogen) atoms. The first-order valence-corrected chi connectivity index (χ1v) is 9.87. The van der Waals surface area contributed by atoms with Crippen LogP contribution in [0.4, 0.5) is 13.2 Å². The van der Waals surface area contributed by atoms with Gasteiger partial charge >= 0.3 is 6.18 Å². The average Bonchev–Trinajstić information content (AvgIpc) is 3.34. The summed E-state index contributed by atoms with van der Waals surface area (Å²) in [6, 6.07) is 2.82. The fourth-order valence-electron chi connectivity index (χ4n) is 3.62. The van der Waals surface area contributed by atoms with Crippen LogP contribution in [0.1, 0.15) is 38.5 Å². The van der Waals surface area contributed by atoms with Crippen molar-refractivity contribution in [3.8, 4) is 0 Å². The van der Waals surface area contributed by atoms with Gasteiger partial charge in [-0.1, -0.05) is 13.8 Å². The molecule has 1 fully saturated rings. The van der Waals surface area contributed by atoms with E-state index >= 15 is 0 Å². The van der Waals surface area contributed by atoms with Gasteiger partial charge in [0.15, 0.2) is 0 Å². The number of halogens is 3. The number of carbonyl (C=O) groups is 2. The third-order valence-corrected chi connectivity index (χ3v) is 5.09. The summed E-state index contributed by atoms with van der Waals surface area (Å²) in [6.45, 7) is 5.05. The minimum Gasteiger partial charge on any atom is -0.468 e. The molecule has 0 spiro atoms. The normalized spacial score (nSPS) is 18.8. The molecule has 2 N–H and O–H groups in total. The SMILES string of the molecule is CCN(CC)C(CNC(=O)CN1CCCC1C(=O)NCC(F)(F)F)c1ccco1. The van der Waals surface area contributed by atoms with Gasteiger partial charge in [-0.3, -0.25) is 19.4 Å². The van der Waals surface area contributed by atoms with E-state index in [9.17, 15) is 22.8 Å². The molecule has 2 atom stereocenters. The largest absolute Gasteiger partial charge is 0.468 e. The minimum absolute atomic E-state index is 0.0345. The van der Waals surface area contributed by atoms with Crippen LogP contribution in [0.3, 0.4) is 0 Å². The van der Waals surface area contributed by atoms with Gasteiger partial charge in [0.2, 0.25) is 11.8 Å². The first-order valence-electron chi connectivity index (χ1n) is 9.87. The van der Waals surface area contributed by atoms with Crippen LogP contribution in [0.2, 0.25) is 0 Å². The summed E-state index contributed by atoms with van der Waals surface area (Å²) in [5, 5.41) is 4.78. The Morgan fingerprint density at radius 2 is 2.03 bits per heavy atom. The molecule has 1 aromatic heterocycles. The Labute approximate surface area is 168 Å². The number of amides is 2. The van der Waals surface area contributed by atoms with Gasteiger partial charge in [-0.05, 0) is 44.6 Å². The molecule has 0 bridgehead atoms. The van der Waals surface area contributed by atoms with Crippen molar-refractivity contribution in [2.24, 2.45) is 0 Å². The monoisotopic (exact) mass is 418 g/mol. The number of likely N-dealkylation sites (tertiary alicyclic amines) is 1. The Balaban J connectivity index is 1.89. The molecule has 1 saturated heterocycles. The van der Waals surface area contributed by atoms with Crippen molar-refractivity contribution in [2.45, 2.75) is 44.9 Å². The predicted molar refractivity (Wildman–Crippen MR) is 101 cm³/mol.